The Bertz CT molecular complexity index is 2140. The fourth-order valence-electron chi connectivity index (χ4n) is 7.77. The van der Waals surface area contributed by atoms with Crippen molar-refractivity contribution in [2.75, 3.05) is 0 Å². The predicted molar refractivity (Wildman–Crippen MR) is 221 cm³/mol. The molecule has 50 heavy (non-hydrogen) atoms. The molecule has 0 amide bonds. The second kappa shape index (κ2) is 14.9. The number of allylic oxidation sites excluding steroid dienone is 16. The van der Waals surface area contributed by atoms with E-state index in [1.807, 2.05) is 0 Å². The van der Waals surface area contributed by atoms with Crippen molar-refractivity contribution in [3.05, 3.63) is 170 Å². The number of rotatable bonds is 7. The van der Waals surface area contributed by atoms with Gasteiger partial charge in [0.2, 0.25) is 0 Å². The summed E-state index contributed by atoms with van der Waals surface area (Å²) in [5.41, 5.74) is 18.7. The highest BCUT2D eigenvalue weighted by atomic mass is 14.8. The maximum Gasteiger partial charge on any atom is 0.0171 e. The number of hydrogen-bond acceptors (Lipinski definition) is 1. The van der Waals surface area contributed by atoms with Crippen LogP contribution in [-0.4, -0.2) is 0 Å². The second-order valence-corrected chi connectivity index (χ2v) is 14.6. The molecule has 0 heterocycles. The van der Waals surface area contributed by atoms with Crippen molar-refractivity contribution in [3.63, 3.8) is 0 Å². The number of benzene rings is 3. The van der Waals surface area contributed by atoms with Gasteiger partial charge in [-0.1, -0.05) is 130 Å². The zero-order valence-corrected chi connectivity index (χ0v) is 31.4. The quantitative estimate of drug-likeness (QED) is 0.250. The Labute approximate surface area is 301 Å². The first kappa shape index (κ1) is 35.0. The van der Waals surface area contributed by atoms with E-state index >= 15 is 0 Å². The van der Waals surface area contributed by atoms with Crippen LogP contribution in [0.15, 0.2) is 142 Å². The lowest BCUT2D eigenvalue weighted by Crippen LogP contribution is -2.17. The summed E-state index contributed by atoms with van der Waals surface area (Å²) in [5, 5.41) is 6.17. The molecule has 3 aromatic rings. The molecule has 0 aliphatic heterocycles. The van der Waals surface area contributed by atoms with Crippen LogP contribution in [0.1, 0.15) is 109 Å². The van der Waals surface area contributed by atoms with Gasteiger partial charge < -0.3 is 5.32 Å². The summed E-state index contributed by atoms with van der Waals surface area (Å²) >= 11 is 0. The highest BCUT2D eigenvalue weighted by Crippen LogP contribution is 2.53. The molecule has 0 bridgehead atoms. The van der Waals surface area contributed by atoms with E-state index < -0.39 is 0 Å². The van der Waals surface area contributed by atoms with Crippen LogP contribution >= 0.6 is 0 Å². The maximum atomic E-state index is 3.55. The van der Waals surface area contributed by atoms with E-state index in [-0.39, 0.29) is 5.41 Å². The highest BCUT2D eigenvalue weighted by Gasteiger charge is 2.38. The predicted octanol–water partition coefficient (Wildman–Crippen LogP) is 13.9. The standard InChI is InChI=1S/C49H53N/c1-9-38-22-25-42(32-39(38)10-2)50-30-29-36(6)35(5)19-20-37-21-26-44-41(31-37)24-28-46-45-27-23-40-17-14-16-34(4)33(3)15-12-11-13-18-43(40)47(45)49(7,8)48(44)46/h11-21,23-24,26-32,50H,9-10,22,25H2,1-8H3/b12-11+,13-11?,15-12?,16-14?,17-14+,18-13-,20-19-,30-29+,33-15-,34-16-,34-33?,36-35-,40-17?,43-18?. The normalized spacial score (nSPS) is 21.6. The van der Waals surface area contributed by atoms with E-state index in [1.165, 1.54) is 89.7 Å². The van der Waals surface area contributed by atoms with Gasteiger partial charge in [0.15, 0.2) is 0 Å². The summed E-state index contributed by atoms with van der Waals surface area (Å²) in [5.74, 6) is 0. The molecular formula is C49H53N. The van der Waals surface area contributed by atoms with Crippen LogP contribution in [0.4, 0.5) is 0 Å². The van der Waals surface area contributed by atoms with Gasteiger partial charge in [0.25, 0.3) is 0 Å². The summed E-state index contributed by atoms with van der Waals surface area (Å²) in [6.45, 7) is 18.1. The minimum absolute atomic E-state index is 0.148. The molecule has 1 heteroatoms. The van der Waals surface area contributed by atoms with Crippen molar-refractivity contribution in [3.8, 4) is 11.1 Å². The average molecular weight is 656 g/mol. The molecule has 3 aromatic carbocycles. The van der Waals surface area contributed by atoms with Crippen molar-refractivity contribution in [2.45, 2.75) is 86.5 Å². The molecule has 0 unspecified atom stereocenters. The van der Waals surface area contributed by atoms with Crippen molar-refractivity contribution < 1.29 is 0 Å². The molecule has 0 saturated carbocycles. The highest BCUT2D eigenvalue weighted by molar-refractivity contribution is 5.99. The van der Waals surface area contributed by atoms with Gasteiger partial charge in [-0.2, -0.15) is 0 Å². The largest absolute Gasteiger partial charge is 0.365 e. The number of hydrogen-bond donors (Lipinski definition) is 1. The third kappa shape index (κ3) is 7.06. The molecule has 0 aromatic heterocycles. The van der Waals surface area contributed by atoms with Crippen LogP contribution in [-0.2, 0) is 5.41 Å². The summed E-state index contributed by atoms with van der Waals surface area (Å²) in [7, 11) is 0. The van der Waals surface area contributed by atoms with Crippen molar-refractivity contribution in [2.24, 2.45) is 0 Å². The van der Waals surface area contributed by atoms with Crippen molar-refractivity contribution in [1.82, 2.24) is 5.32 Å². The van der Waals surface area contributed by atoms with Crippen molar-refractivity contribution >= 4 is 29.0 Å². The molecule has 0 spiro atoms. The van der Waals surface area contributed by atoms with Gasteiger partial charge in [0.05, 0.1) is 0 Å². The van der Waals surface area contributed by atoms with Gasteiger partial charge in [-0.3, -0.25) is 0 Å². The average Bonchev–Trinajstić information content (AvgIpc) is 3.36. The van der Waals surface area contributed by atoms with Gasteiger partial charge in [-0.15, -0.1) is 0 Å². The lowest BCUT2D eigenvalue weighted by atomic mass is 9.77. The molecular weight excluding hydrogens is 603 g/mol. The fourth-order valence-corrected chi connectivity index (χ4v) is 7.77. The SMILES string of the molecule is CCC1=C(CC)CCC(N/C=C/C(C)=C(C)\C=C/c2ccc3c4c(ccc3c2)-c2ccc3c(c2C4(C)C)\C=C/C=C/C=C(C)\C(C)=C/C=C/3)=C1. The van der Waals surface area contributed by atoms with Gasteiger partial charge in [0, 0.05) is 17.3 Å². The van der Waals surface area contributed by atoms with Gasteiger partial charge in [-0.25, -0.2) is 0 Å². The molecule has 3 aliphatic carbocycles. The van der Waals surface area contributed by atoms with Gasteiger partial charge >= 0.3 is 0 Å². The smallest absolute Gasteiger partial charge is 0.0171 e. The molecule has 0 saturated heterocycles. The summed E-state index contributed by atoms with van der Waals surface area (Å²) in [6.07, 6.45) is 33.3. The lowest BCUT2D eigenvalue weighted by Gasteiger charge is -2.26. The number of fused-ring (bicyclic) bond motifs is 7. The topological polar surface area (TPSA) is 12.0 Å². The minimum atomic E-state index is -0.148. The number of nitrogens with one attached hydrogen (secondary N) is 1. The third-order valence-electron chi connectivity index (χ3n) is 11.0. The van der Waals surface area contributed by atoms with E-state index in [0.717, 1.165) is 19.3 Å². The Morgan fingerprint density at radius 2 is 1.50 bits per heavy atom. The van der Waals surface area contributed by atoms with Crippen molar-refractivity contribution in [1.29, 1.82) is 0 Å². The Morgan fingerprint density at radius 3 is 2.28 bits per heavy atom. The first-order valence-corrected chi connectivity index (χ1v) is 18.4. The van der Waals surface area contributed by atoms with Gasteiger partial charge in [0.1, 0.15) is 0 Å². The first-order valence-electron chi connectivity index (χ1n) is 18.4. The summed E-state index contributed by atoms with van der Waals surface area (Å²) in [4.78, 5) is 0. The Hall–Kier alpha value is -4.88. The van der Waals surface area contributed by atoms with Crippen LogP contribution in [0.3, 0.4) is 0 Å². The third-order valence-corrected chi connectivity index (χ3v) is 11.0. The second-order valence-electron chi connectivity index (χ2n) is 14.6. The Kier molecular flexibility index (Phi) is 10.4. The van der Waals surface area contributed by atoms with E-state index in [0.29, 0.717) is 0 Å². The van der Waals surface area contributed by atoms with E-state index in [4.69, 9.17) is 0 Å². The Morgan fingerprint density at radius 1 is 0.760 bits per heavy atom. The van der Waals surface area contributed by atoms with Crippen LogP contribution in [0.2, 0.25) is 0 Å². The summed E-state index contributed by atoms with van der Waals surface area (Å²) in [6, 6.07) is 16.2. The molecule has 0 atom stereocenters. The van der Waals surface area contributed by atoms with Crippen LogP contribution in [0, 0.1) is 0 Å². The van der Waals surface area contributed by atoms with E-state index in [1.54, 1.807) is 5.57 Å². The molecule has 3 aliphatic rings. The van der Waals surface area contributed by atoms with Crippen LogP contribution in [0.25, 0.3) is 40.1 Å². The fraction of sp³-hybridized carbons (Fsp3) is 0.265. The van der Waals surface area contributed by atoms with E-state index in [9.17, 15) is 0 Å². The van der Waals surface area contributed by atoms with Crippen LogP contribution in [0.5, 0.6) is 0 Å². The molecule has 254 valence electrons. The molecule has 0 fully saturated rings. The van der Waals surface area contributed by atoms with Gasteiger partial charge in [-0.05, 0) is 149 Å². The molecule has 6 rings (SSSR count). The first-order chi connectivity index (χ1) is 24.1. The lowest BCUT2D eigenvalue weighted by molar-refractivity contribution is 0.664. The monoisotopic (exact) mass is 655 g/mol. The minimum Gasteiger partial charge on any atom is -0.365 e. The summed E-state index contributed by atoms with van der Waals surface area (Å²) < 4.78 is 0. The van der Waals surface area contributed by atoms with Crippen LogP contribution < -0.4 is 5.32 Å². The maximum absolute atomic E-state index is 3.55. The molecule has 1 nitrogen and oxygen atoms in total. The zero-order chi connectivity index (χ0) is 35.4. The molecule has 1 N–H and O–H groups in total. The zero-order valence-electron chi connectivity index (χ0n) is 31.4. The van der Waals surface area contributed by atoms with E-state index in [2.05, 4.69) is 182 Å². The molecule has 0 radical (unpaired) electrons. The Balaban J connectivity index is 1.27.